The molecule has 0 unspecified atom stereocenters. The highest BCUT2D eigenvalue weighted by molar-refractivity contribution is 5.82. The normalized spacial score (nSPS) is 29.7. The summed E-state index contributed by atoms with van der Waals surface area (Å²) in [6.45, 7) is 4.62. The molecule has 0 N–H and O–H groups in total. The van der Waals surface area contributed by atoms with E-state index in [-0.39, 0.29) is 0 Å². The van der Waals surface area contributed by atoms with Crippen molar-refractivity contribution in [3.8, 4) is 12.8 Å². The molecule has 3 atom stereocenters. The Labute approximate surface area is 119 Å². The van der Waals surface area contributed by atoms with Gasteiger partial charge in [-0.2, -0.15) is 0 Å². The molecule has 1 nitrogen and oxygen atoms in total. The Morgan fingerprint density at radius 2 is 1.89 bits per heavy atom. The molecule has 2 rings (SSSR count). The van der Waals surface area contributed by atoms with E-state index >= 15 is 0 Å². The fraction of sp³-hybridized carbons (Fsp3) is 0.833. The molecule has 2 aliphatic rings. The highest BCUT2D eigenvalue weighted by Crippen LogP contribution is 2.46. The Bertz CT molecular complexity index is 289. The van der Waals surface area contributed by atoms with E-state index in [1.807, 2.05) is 0 Å². The van der Waals surface area contributed by atoms with Gasteiger partial charge in [0.1, 0.15) is 5.78 Å². The van der Waals surface area contributed by atoms with Gasteiger partial charge in [0.2, 0.25) is 0 Å². The Morgan fingerprint density at radius 1 is 1.16 bits per heavy atom. The van der Waals surface area contributed by atoms with Gasteiger partial charge in [0.05, 0.1) is 0 Å². The quantitative estimate of drug-likeness (QED) is 0.511. The number of ketones is 1. The second-order valence-corrected chi connectivity index (χ2v) is 6.64. The molecule has 0 radical (unpaired) electrons. The first-order chi connectivity index (χ1) is 9.18. The van der Waals surface area contributed by atoms with E-state index < -0.39 is 0 Å². The number of carbonyl (C=O) groups is 1. The molecule has 2 fully saturated rings. The van der Waals surface area contributed by atoms with Crippen molar-refractivity contribution in [2.24, 2.45) is 23.7 Å². The number of hydrogen-bond donors (Lipinski definition) is 0. The van der Waals surface area contributed by atoms with Crippen molar-refractivity contribution in [2.75, 3.05) is 0 Å². The molecular weight excluding hydrogens is 232 g/mol. The van der Waals surface area contributed by atoms with Gasteiger partial charge < -0.3 is 0 Å². The molecule has 0 aromatic heterocycles. The molecule has 0 aromatic carbocycles. The van der Waals surface area contributed by atoms with Crippen LogP contribution in [0.3, 0.4) is 0 Å². The number of unbranched alkanes of at least 4 members (excludes halogenated alkanes) is 1. The van der Waals surface area contributed by atoms with Crippen LogP contribution in [0.5, 0.6) is 0 Å². The highest BCUT2D eigenvalue weighted by Gasteiger charge is 2.41. The zero-order valence-corrected chi connectivity index (χ0v) is 12.7. The smallest absolute Gasteiger partial charge is 0.136 e. The summed E-state index contributed by atoms with van der Waals surface area (Å²) in [4.78, 5) is 11.8. The first-order valence-corrected chi connectivity index (χ1v) is 8.04. The number of fused-ring (bicyclic) bond motifs is 1. The minimum Gasteiger partial charge on any atom is -0.299 e. The van der Waals surface area contributed by atoms with Crippen LogP contribution in [0.2, 0.25) is 0 Å². The summed E-state index contributed by atoms with van der Waals surface area (Å²) in [7, 11) is 0. The van der Waals surface area contributed by atoms with Crippen molar-refractivity contribution < 1.29 is 4.79 Å². The summed E-state index contributed by atoms with van der Waals surface area (Å²) in [5.74, 6) is 3.57. The second-order valence-electron chi connectivity index (χ2n) is 6.64. The zero-order valence-electron chi connectivity index (χ0n) is 12.7. The van der Waals surface area contributed by atoms with Crippen LogP contribution in [0.1, 0.15) is 71.6 Å². The van der Waals surface area contributed by atoms with Gasteiger partial charge in [-0.1, -0.05) is 39.5 Å². The van der Waals surface area contributed by atoms with E-state index in [0.29, 0.717) is 11.7 Å². The lowest BCUT2D eigenvalue weighted by Crippen LogP contribution is -2.27. The monoisotopic (exact) mass is 262 g/mol. The molecule has 0 aromatic rings. The maximum absolute atomic E-state index is 11.8. The van der Waals surface area contributed by atoms with Gasteiger partial charge in [0.15, 0.2) is 0 Å². The molecule has 0 bridgehead atoms. The van der Waals surface area contributed by atoms with Gasteiger partial charge in [-0.05, 0) is 43.4 Å². The van der Waals surface area contributed by atoms with Crippen LogP contribution >= 0.6 is 0 Å². The molecule has 0 heterocycles. The Balaban J connectivity index is 0.000000861. The van der Waals surface area contributed by atoms with Gasteiger partial charge >= 0.3 is 0 Å². The summed E-state index contributed by atoms with van der Waals surface area (Å²) in [5.41, 5.74) is 0. The van der Waals surface area contributed by atoms with E-state index in [1.54, 1.807) is 0 Å². The summed E-state index contributed by atoms with van der Waals surface area (Å²) >= 11 is 0. The van der Waals surface area contributed by atoms with E-state index in [0.717, 1.165) is 24.2 Å². The predicted molar refractivity (Wildman–Crippen MR) is 81.8 cm³/mol. The number of terminal acetylenes is 1. The molecular formula is C18H30O. The minimum absolute atomic E-state index is 0.471. The summed E-state index contributed by atoms with van der Waals surface area (Å²) < 4.78 is 0. The van der Waals surface area contributed by atoms with Crippen LogP contribution in [0.4, 0.5) is 0 Å². The Kier molecular flexibility index (Phi) is 7.21. The Morgan fingerprint density at radius 3 is 2.58 bits per heavy atom. The van der Waals surface area contributed by atoms with Crippen molar-refractivity contribution in [3.63, 3.8) is 0 Å². The van der Waals surface area contributed by atoms with E-state index in [9.17, 15) is 4.79 Å². The van der Waals surface area contributed by atoms with Crippen LogP contribution in [-0.2, 0) is 4.79 Å². The Hall–Kier alpha value is -0.770. The molecule has 0 saturated heterocycles. The maximum atomic E-state index is 11.8. The van der Waals surface area contributed by atoms with Gasteiger partial charge in [0.25, 0.3) is 0 Å². The van der Waals surface area contributed by atoms with Crippen LogP contribution in [0.15, 0.2) is 0 Å². The topological polar surface area (TPSA) is 17.1 Å². The first kappa shape index (κ1) is 16.3. The average molecular weight is 262 g/mol. The van der Waals surface area contributed by atoms with Crippen molar-refractivity contribution >= 4 is 5.78 Å². The maximum Gasteiger partial charge on any atom is 0.136 e. The standard InChI is InChI=1S/C16H28O.C2H2/c1-12(2)6-3-4-7-13-10-11-15-14(13)8-5-9-16(15)17;1-2/h12-15H,3-11H2,1-2H3;1-2H/t13-,14+,15+;/m0./s1. The van der Waals surface area contributed by atoms with E-state index in [1.165, 1.54) is 51.4 Å². The van der Waals surface area contributed by atoms with Gasteiger partial charge in [0, 0.05) is 12.3 Å². The van der Waals surface area contributed by atoms with Crippen molar-refractivity contribution in [1.29, 1.82) is 0 Å². The molecule has 0 aliphatic heterocycles. The van der Waals surface area contributed by atoms with Crippen molar-refractivity contribution in [1.82, 2.24) is 0 Å². The number of Topliss-reactive ketones (excluding diaryl/α,β-unsaturated/α-hetero) is 1. The van der Waals surface area contributed by atoms with Gasteiger partial charge in [-0.25, -0.2) is 0 Å². The third-order valence-electron chi connectivity index (χ3n) is 4.95. The summed E-state index contributed by atoms with van der Waals surface area (Å²) in [5, 5.41) is 0. The largest absolute Gasteiger partial charge is 0.299 e. The molecule has 0 amide bonds. The lowest BCUT2D eigenvalue weighted by atomic mass is 9.76. The van der Waals surface area contributed by atoms with Crippen LogP contribution in [0, 0.1) is 36.5 Å². The fourth-order valence-corrected chi connectivity index (χ4v) is 4.00. The molecule has 2 saturated carbocycles. The SMILES string of the molecule is C#C.CC(C)CCCC[C@H]1CC[C@H]2C(=O)CCC[C@H]12. The molecule has 1 heteroatoms. The van der Waals surface area contributed by atoms with Crippen molar-refractivity contribution in [3.05, 3.63) is 0 Å². The van der Waals surface area contributed by atoms with Crippen LogP contribution in [0.25, 0.3) is 0 Å². The van der Waals surface area contributed by atoms with Gasteiger partial charge in [-0.15, -0.1) is 12.8 Å². The molecule has 2 aliphatic carbocycles. The fourth-order valence-electron chi connectivity index (χ4n) is 4.00. The number of rotatable bonds is 5. The predicted octanol–water partition coefficient (Wildman–Crippen LogP) is 4.85. The minimum atomic E-state index is 0.471. The number of hydrogen-bond acceptors (Lipinski definition) is 1. The lowest BCUT2D eigenvalue weighted by molar-refractivity contribution is -0.126. The highest BCUT2D eigenvalue weighted by atomic mass is 16.1. The van der Waals surface area contributed by atoms with E-state index in [4.69, 9.17) is 0 Å². The zero-order chi connectivity index (χ0) is 14.3. The van der Waals surface area contributed by atoms with Crippen molar-refractivity contribution in [2.45, 2.75) is 71.6 Å². The first-order valence-electron chi connectivity index (χ1n) is 8.04. The number of carbonyl (C=O) groups excluding carboxylic acids is 1. The summed E-state index contributed by atoms with van der Waals surface area (Å²) in [6.07, 6.45) is 19.5. The summed E-state index contributed by atoms with van der Waals surface area (Å²) in [6, 6.07) is 0. The third-order valence-corrected chi connectivity index (χ3v) is 4.95. The van der Waals surface area contributed by atoms with E-state index in [2.05, 4.69) is 26.7 Å². The van der Waals surface area contributed by atoms with Crippen LogP contribution < -0.4 is 0 Å². The second kappa shape index (κ2) is 8.41. The third kappa shape index (κ3) is 4.68. The molecule has 19 heavy (non-hydrogen) atoms. The van der Waals surface area contributed by atoms with Gasteiger partial charge in [-0.3, -0.25) is 4.79 Å². The molecule has 0 spiro atoms. The average Bonchev–Trinajstić information content (AvgIpc) is 2.82. The lowest BCUT2D eigenvalue weighted by Gasteiger charge is -2.28. The molecule has 108 valence electrons. The van der Waals surface area contributed by atoms with Crippen LogP contribution in [-0.4, -0.2) is 5.78 Å².